The molecule has 0 atom stereocenters. The first-order chi connectivity index (χ1) is 2.64. The van der Waals surface area contributed by atoms with Crippen LogP contribution >= 0.6 is 0 Å². The molecule has 0 unspecified atom stereocenters. The van der Waals surface area contributed by atoms with Crippen LogP contribution in [0.15, 0.2) is 12.2 Å². The molecule has 0 heterocycles. The topological polar surface area (TPSA) is 17.1 Å². The third-order valence-corrected chi connectivity index (χ3v) is 0.421. The Morgan fingerprint density at radius 1 is 1.83 bits per heavy atom. The van der Waals surface area contributed by atoms with Crippen molar-refractivity contribution in [1.82, 2.24) is 0 Å². The fourth-order valence-electron chi connectivity index (χ4n) is 0. The van der Waals surface area contributed by atoms with E-state index in [1.165, 1.54) is 0 Å². The Bertz CT molecular complexity index is 69.9. The second-order valence-corrected chi connectivity index (χ2v) is 1.14. The molecular weight excluding hydrogens is 76.1 g/mol. The SMILES string of the molecule is [CH]C(=O)C(=C)C. The Labute approximate surface area is 37.7 Å². The van der Waals surface area contributed by atoms with E-state index >= 15 is 0 Å². The van der Waals surface area contributed by atoms with E-state index in [1.807, 2.05) is 0 Å². The summed E-state index contributed by atoms with van der Waals surface area (Å²) in [7, 11) is 0. The maximum absolute atomic E-state index is 9.82. The Balaban J connectivity index is 3.57. The predicted molar refractivity (Wildman–Crippen MR) is 24.1 cm³/mol. The highest BCUT2D eigenvalue weighted by atomic mass is 16.1. The lowest BCUT2D eigenvalue weighted by atomic mass is 10.3. The largest absolute Gasteiger partial charge is 0.294 e. The highest BCUT2D eigenvalue weighted by Gasteiger charge is 1.86. The summed E-state index contributed by atoms with van der Waals surface area (Å²) in [4.78, 5) is 9.82. The van der Waals surface area contributed by atoms with Crippen LogP contribution in [0.5, 0.6) is 0 Å². The highest BCUT2D eigenvalue weighted by Crippen LogP contribution is 1.83. The molecule has 0 aromatic rings. The van der Waals surface area contributed by atoms with Crippen molar-refractivity contribution >= 4 is 5.78 Å². The number of carbonyl (C=O) groups is 1. The minimum atomic E-state index is -0.435. The van der Waals surface area contributed by atoms with Crippen molar-refractivity contribution in [2.45, 2.75) is 6.92 Å². The molecule has 1 heteroatoms. The first kappa shape index (κ1) is 5.41. The Morgan fingerprint density at radius 2 is 2.00 bits per heavy atom. The minimum Gasteiger partial charge on any atom is -0.294 e. The first-order valence-electron chi connectivity index (χ1n) is 1.60. The van der Waals surface area contributed by atoms with Crippen molar-refractivity contribution in [3.63, 3.8) is 0 Å². The lowest BCUT2D eigenvalue weighted by Gasteiger charge is -1.80. The summed E-state index contributed by atoms with van der Waals surface area (Å²) in [5.74, 6) is -0.435. The Hall–Kier alpha value is -0.590. The van der Waals surface area contributed by atoms with Gasteiger partial charge >= 0.3 is 0 Å². The Morgan fingerprint density at radius 3 is 2.00 bits per heavy atom. The molecule has 0 rings (SSSR count). The lowest BCUT2D eigenvalue weighted by molar-refractivity contribution is -0.111. The van der Waals surface area contributed by atoms with Crippen LogP contribution < -0.4 is 0 Å². The second kappa shape index (κ2) is 1.75. The van der Waals surface area contributed by atoms with Gasteiger partial charge in [0.2, 0.25) is 0 Å². The summed E-state index contributed by atoms with van der Waals surface area (Å²) in [6.45, 7) is 9.55. The third-order valence-electron chi connectivity index (χ3n) is 0.421. The number of allylic oxidation sites excluding steroid dienone is 1. The number of rotatable bonds is 1. The summed E-state index contributed by atoms with van der Waals surface area (Å²) in [6, 6.07) is 0. The van der Waals surface area contributed by atoms with Crippen LogP contribution in [0.2, 0.25) is 0 Å². The number of hydrogen-bond acceptors (Lipinski definition) is 1. The summed E-state index contributed by atoms with van der Waals surface area (Å²) >= 11 is 0. The van der Waals surface area contributed by atoms with E-state index in [0.717, 1.165) is 0 Å². The number of ketones is 1. The van der Waals surface area contributed by atoms with E-state index < -0.39 is 5.78 Å². The molecule has 0 aromatic heterocycles. The van der Waals surface area contributed by atoms with Crippen LogP contribution in [0.3, 0.4) is 0 Å². The molecule has 0 aliphatic carbocycles. The van der Waals surface area contributed by atoms with Crippen LogP contribution in [0.25, 0.3) is 0 Å². The van der Waals surface area contributed by atoms with Gasteiger partial charge in [-0.3, -0.25) is 4.79 Å². The number of hydrogen-bond donors (Lipinski definition) is 0. The smallest absolute Gasteiger partial charge is 0.162 e. The van der Waals surface area contributed by atoms with Gasteiger partial charge in [-0.2, -0.15) is 0 Å². The van der Waals surface area contributed by atoms with Crippen LogP contribution in [0, 0.1) is 6.92 Å². The molecule has 0 saturated heterocycles. The second-order valence-electron chi connectivity index (χ2n) is 1.14. The van der Waals surface area contributed by atoms with E-state index in [2.05, 4.69) is 6.58 Å². The molecule has 0 saturated carbocycles. The molecule has 0 aromatic carbocycles. The van der Waals surface area contributed by atoms with Gasteiger partial charge in [0.1, 0.15) is 0 Å². The number of carbonyl (C=O) groups excluding carboxylic acids is 1. The molecule has 1 nitrogen and oxygen atoms in total. The van der Waals surface area contributed by atoms with Crippen molar-refractivity contribution in [3.8, 4) is 0 Å². The van der Waals surface area contributed by atoms with Gasteiger partial charge in [0.05, 0.1) is 0 Å². The molecule has 0 aliphatic heterocycles. The molecule has 0 fully saturated rings. The average Bonchev–Trinajstić information content (AvgIpc) is 1.36. The third kappa shape index (κ3) is 1.70. The first-order valence-corrected chi connectivity index (χ1v) is 1.60. The monoisotopic (exact) mass is 82.0 g/mol. The molecule has 0 amide bonds. The summed E-state index contributed by atoms with van der Waals surface area (Å²) in [5, 5.41) is 0. The van der Waals surface area contributed by atoms with Gasteiger partial charge in [-0.1, -0.05) is 6.58 Å². The van der Waals surface area contributed by atoms with E-state index in [1.54, 1.807) is 6.92 Å². The van der Waals surface area contributed by atoms with Crippen LogP contribution in [-0.2, 0) is 4.79 Å². The van der Waals surface area contributed by atoms with Gasteiger partial charge in [-0.25, -0.2) is 0 Å². The van der Waals surface area contributed by atoms with Crippen molar-refractivity contribution in [3.05, 3.63) is 19.1 Å². The van der Waals surface area contributed by atoms with E-state index in [-0.39, 0.29) is 0 Å². The molecule has 2 radical (unpaired) electrons. The number of Topliss-reactive ketones (excluding diaryl/α,β-unsaturated/α-hetero) is 1. The molecule has 0 spiro atoms. The minimum absolute atomic E-state index is 0.398. The fourth-order valence-corrected chi connectivity index (χ4v) is 0. The molecule has 6 heavy (non-hydrogen) atoms. The van der Waals surface area contributed by atoms with Crippen molar-refractivity contribution in [2.75, 3.05) is 0 Å². The lowest BCUT2D eigenvalue weighted by Crippen LogP contribution is -1.87. The average molecular weight is 82.1 g/mol. The van der Waals surface area contributed by atoms with Crippen molar-refractivity contribution < 1.29 is 4.79 Å². The predicted octanol–water partition coefficient (Wildman–Crippen LogP) is 0.843. The normalized spacial score (nSPS) is 7.67. The van der Waals surface area contributed by atoms with Gasteiger partial charge < -0.3 is 0 Å². The maximum Gasteiger partial charge on any atom is 0.162 e. The molecule has 0 bridgehead atoms. The van der Waals surface area contributed by atoms with Gasteiger partial charge in [0.25, 0.3) is 0 Å². The Kier molecular flexibility index (Phi) is 1.58. The molecule has 32 valence electrons. The molecular formula is C5H6O. The zero-order chi connectivity index (χ0) is 5.15. The van der Waals surface area contributed by atoms with Crippen molar-refractivity contribution in [2.24, 2.45) is 0 Å². The summed E-state index contributed by atoms with van der Waals surface area (Å²) in [6.07, 6.45) is 0. The zero-order valence-electron chi connectivity index (χ0n) is 3.69. The van der Waals surface area contributed by atoms with Crippen molar-refractivity contribution in [1.29, 1.82) is 0 Å². The van der Waals surface area contributed by atoms with Crippen LogP contribution in [-0.4, -0.2) is 5.78 Å². The summed E-state index contributed by atoms with van der Waals surface area (Å²) < 4.78 is 0. The molecule has 0 aliphatic rings. The maximum atomic E-state index is 9.82. The van der Waals surface area contributed by atoms with Gasteiger partial charge in [0, 0.05) is 6.92 Å². The van der Waals surface area contributed by atoms with Gasteiger partial charge in [-0.15, -0.1) is 0 Å². The van der Waals surface area contributed by atoms with E-state index in [9.17, 15) is 4.79 Å². The zero-order valence-corrected chi connectivity index (χ0v) is 3.69. The highest BCUT2D eigenvalue weighted by molar-refractivity contribution is 5.97. The van der Waals surface area contributed by atoms with Crippen LogP contribution in [0.1, 0.15) is 6.92 Å². The summed E-state index contributed by atoms with van der Waals surface area (Å²) in [5.41, 5.74) is 0.398. The quantitative estimate of drug-likeness (QED) is 0.428. The standard InChI is InChI=1S/C5H6O/c1-4(2)5(3)6/h3H,1H2,2H3. The van der Waals surface area contributed by atoms with E-state index in [4.69, 9.17) is 6.92 Å². The van der Waals surface area contributed by atoms with Crippen LogP contribution in [0.4, 0.5) is 0 Å². The fraction of sp³-hybridized carbons (Fsp3) is 0.200. The van der Waals surface area contributed by atoms with Gasteiger partial charge in [0.15, 0.2) is 5.78 Å². The molecule has 0 N–H and O–H groups in total. The van der Waals surface area contributed by atoms with Gasteiger partial charge in [-0.05, 0) is 12.5 Å². The van der Waals surface area contributed by atoms with E-state index in [0.29, 0.717) is 5.57 Å².